The maximum absolute atomic E-state index is 2.60. The van der Waals surface area contributed by atoms with Crippen LogP contribution in [0.5, 0.6) is 0 Å². The molecule has 0 heterocycles. The highest BCUT2D eigenvalue weighted by Gasteiger charge is 2.46. The van der Waals surface area contributed by atoms with Crippen molar-refractivity contribution in [3.63, 3.8) is 0 Å². The van der Waals surface area contributed by atoms with E-state index in [4.69, 9.17) is 0 Å². The Hall–Kier alpha value is -1.86. The van der Waals surface area contributed by atoms with Crippen LogP contribution in [0.4, 0.5) is 0 Å². The lowest BCUT2D eigenvalue weighted by Gasteiger charge is -2.39. The van der Waals surface area contributed by atoms with Gasteiger partial charge in [-0.3, -0.25) is 0 Å². The molecule has 0 spiro atoms. The number of rotatable bonds is 20. The molecule has 0 fully saturated rings. The molecule has 0 bridgehead atoms. The van der Waals surface area contributed by atoms with Gasteiger partial charge < -0.3 is 0 Å². The Kier molecular flexibility index (Phi) is 14.6. The van der Waals surface area contributed by atoms with Crippen LogP contribution >= 0.6 is 0 Å². The van der Waals surface area contributed by atoms with Crippen LogP contribution in [-0.2, 0) is 0 Å². The lowest BCUT2D eigenvalue weighted by molar-refractivity contribution is 0.528. The Bertz CT molecular complexity index is 991. The lowest BCUT2D eigenvalue weighted by Crippen LogP contribution is -2.51. The summed E-state index contributed by atoms with van der Waals surface area (Å²) in [5.74, 6) is 0. The third-order valence-corrected chi connectivity index (χ3v) is 14.1. The van der Waals surface area contributed by atoms with Gasteiger partial charge in [0, 0.05) is 5.04 Å². The summed E-state index contributed by atoms with van der Waals surface area (Å²) in [4.78, 5) is 0. The SMILES string of the molecule is CCCCCCCCCCCCCCCCCCC1=C(C)C(C)=C(C)C1(C)[SiH](c1ccccc1)c1ccccc1. The fourth-order valence-corrected chi connectivity index (χ4v) is 11.6. The Morgan fingerprint density at radius 1 is 0.500 bits per heavy atom. The molecule has 1 atom stereocenters. The molecule has 1 aliphatic rings. The second-order valence-electron chi connectivity index (χ2n) is 12.9. The lowest BCUT2D eigenvalue weighted by atomic mass is 9.91. The fraction of sp³-hybridized carbons (Fsp3) is 0.590. The standard InChI is InChI=1S/C39H60Si/c1-6-7-8-9-10-11-12-13-14-15-16-17-18-19-20-27-32-38-34(3)33(2)35(4)39(38,5)40(36-28-23-21-24-29-36)37-30-25-22-26-31-37/h21-26,28-31,40H,6-20,27,32H2,1-5H3. The summed E-state index contributed by atoms with van der Waals surface area (Å²) in [6.45, 7) is 12.1. The van der Waals surface area contributed by atoms with Gasteiger partial charge in [-0.25, -0.2) is 0 Å². The number of hydrogen-bond donors (Lipinski definition) is 0. The van der Waals surface area contributed by atoms with Crippen molar-refractivity contribution in [1.82, 2.24) is 0 Å². The molecule has 3 rings (SSSR count). The number of hydrogen-bond acceptors (Lipinski definition) is 0. The number of unbranched alkanes of at least 4 members (excludes halogenated alkanes) is 15. The Morgan fingerprint density at radius 2 is 0.875 bits per heavy atom. The highest BCUT2D eigenvalue weighted by molar-refractivity contribution is 6.88. The summed E-state index contributed by atoms with van der Waals surface area (Å²) in [7, 11) is -1.52. The van der Waals surface area contributed by atoms with Crippen LogP contribution in [0.25, 0.3) is 0 Å². The summed E-state index contributed by atoms with van der Waals surface area (Å²) in [5, 5.41) is 3.32. The highest BCUT2D eigenvalue weighted by Crippen LogP contribution is 2.55. The maximum Gasteiger partial charge on any atom is 0.116 e. The first-order chi connectivity index (χ1) is 19.5. The van der Waals surface area contributed by atoms with Crippen molar-refractivity contribution in [2.45, 2.75) is 149 Å². The van der Waals surface area contributed by atoms with Gasteiger partial charge in [-0.15, -0.1) is 0 Å². The van der Waals surface area contributed by atoms with Gasteiger partial charge in [0.15, 0.2) is 0 Å². The van der Waals surface area contributed by atoms with Crippen molar-refractivity contribution in [3.05, 3.63) is 83.0 Å². The van der Waals surface area contributed by atoms with E-state index in [0.717, 1.165) is 0 Å². The van der Waals surface area contributed by atoms with Crippen LogP contribution in [0.15, 0.2) is 83.0 Å². The monoisotopic (exact) mass is 556 g/mol. The molecule has 1 unspecified atom stereocenters. The van der Waals surface area contributed by atoms with Crippen molar-refractivity contribution in [2.24, 2.45) is 0 Å². The second kappa shape index (κ2) is 17.8. The van der Waals surface area contributed by atoms with Gasteiger partial charge in [-0.1, -0.05) is 192 Å². The second-order valence-corrected chi connectivity index (χ2v) is 16.2. The average Bonchev–Trinajstić information content (AvgIpc) is 3.14. The van der Waals surface area contributed by atoms with Crippen LogP contribution in [-0.4, -0.2) is 8.80 Å². The largest absolute Gasteiger partial charge is 0.116 e. The molecule has 2 aromatic rings. The van der Waals surface area contributed by atoms with E-state index in [0.29, 0.717) is 0 Å². The van der Waals surface area contributed by atoms with Gasteiger partial charge in [0.05, 0.1) is 0 Å². The minimum absolute atomic E-state index is 0.173. The van der Waals surface area contributed by atoms with Gasteiger partial charge in [-0.05, 0) is 44.8 Å². The number of allylic oxidation sites excluding steroid dienone is 4. The van der Waals surface area contributed by atoms with Crippen LogP contribution in [0.2, 0.25) is 5.04 Å². The zero-order chi connectivity index (χ0) is 28.6. The van der Waals surface area contributed by atoms with E-state index in [1.165, 1.54) is 109 Å². The third kappa shape index (κ3) is 9.07. The van der Waals surface area contributed by atoms with Crippen LogP contribution in [0, 0.1) is 0 Å². The molecule has 220 valence electrons. The normalized spacial score (nSPS) is 17.4. The third-order valence-electron chi connectivity index (χ3n) is 10.1. The predicted molar refractivity (Wildman–Crippen MR) is 183 cm³/mol. The zero-order valence-electron chi connectivity index (χ0n) is 26.9. The quantitative estimate of drug-likeness (QED) is 0.112. The van der Waals surface area contributed by atoms with Gasteiger partial charge >= 0.3 is 0 Å². The molecule has 2 aromatic carbocycles. The molecule has 1 aliphatic carbocycles. The van der Waals surface area contributed by atoms with E-state index < -0.39 is 8.80 Å². The Labute approximate surface area is 250 Å². The molecule has 0 aliphatic heterocycles. The van der Waals surface area contributed by atoms with E-state index in [2.05, 4.69) is 95.3 Å². The minimum Gasteiger partial charge on any atom is -0.0654 e. The van der Waals surface area contributed by atoms with E-state index in [1.54, 1.807) is 32.7 Å². The molecule has 0 aromatic heterocycles. The van der Waals surface area contributed by atoms with E-state index in [9.17, 15) is 0 Å². The molecule has 0 nitrogen and oxygen atoms in total. The Balaban J connectivity index is 1.44. The van der Waals surface area contributed by atoms with E-state index in [1.807, 2.05) is 0 Å². The van der Waals surface area contributed by atoms with Crippen molar-refractivity contribution in [1.29, 1.82) is 0 Å². The van der Waals surface area contributed by atoms with Gasteiger partial charge in [-0.2, -0.15) is 0 Å². The van der Waals surface area contributed by atoms with Crippen molar-refractivity contribution in [3.8, 4) is 0 Å². The predicted octanol–water partition coefficient (Wildman–Crippen LogP) is 11.1. The summed E-state index contributed by atoms with van der Waals surface area (Å²) in [5.41, 5.74) is 6.52. The first kappa shape index (κ1) is 32.6. The van der Waals surface area contributed by atoms with E-state index in [-0.39, 0.29) is 5.04 Å². The fourth-order valence-electron chi connectivity index (χ4n) is 7.35. The summed E-state index contributed by atoms with van der Waals surface area (Å²) in [6.07, 6.45) is 24.2. The molecule has 0 saturated carbocycles. The zero-order valence-corrected chi connectivity index (χ0v) is 28.0. The summed E-state index contributed by atoms with van der Waals surface area (Å²) >= 11 is 0. The molecule has 0 amide bonds. The molecule has 0 saturated heterocycles. The van der Waals surface area contributed by atoms with Crippen molar-refractivity contribution < 1.29 is 0 Å². The van der Waals surface area contributed by atoms with Crippen LogP contribution in [0.3, 0.4) is 0 Å². The van der Waals surface area contributed by atoms with E-state index >= 15 is 0 Å². The molecule has 0 radical (unpaired) electrons. The minimum atomic E-state index is -1.52. The summed E-state index contributed by atoms with van der Waals surface area (Å²) < 4.78 is 0. The highest BCUT2D eigenvalue weighted by atomic mass is 28.3. The van der Waals surface area contributed by atoms with Crippen LogP contribution < -0.4 is 10.4 Å². The average molecular weight is 557 g/mol. The summed E-state index contributed by atoms with van der Waals surface area (Å²) in [6, 6.07) is 22.9. The van der Waals surface area contributed by atoms with Gasteiger partial charge in [0.25, 0.3) is 0 Å². The van der Waals surface area contributed by atoms with Gasteiger partial charge in [0.1, 0.15) is 8.80 Å². The molecule has 1 heteroatoms. The number of benzene rings is 2. The van der Waals surface area contributed by atoms with Crippen molar-refractivity contribution >= 4 is 19.2 Å². The first-order valence-electron chi connectivity index (χ1n) is 17.0. The topological polar surface area (TPSA) is 0 Å². The molecular weight excluding hydrogens is 497 g/mol. The molecule has 40 heavy (non-hydrogen) atoms. The molecular formula is C39H60Si. The van der Waals surface area contributed by atoms with Gasteiger partial charge in [0.2, 0.25) is 0 Å². The van der Waals surface area contributed by atoms with Crippen LogP contribution in [0.1, 0.15) is 144 Å². The van der Waals surface area contributed by atoms with Crippen molar-refractivity contribution in [2.75, 3.05) is 0 Å². The smallest absolute Gasteiger partial charge is 0.0654 e. The maximum atomic E-state index is 2.60. The Morgan fingerprint density at radius 3 is 1.27 bits per heavy atom. The molecule has 0 N–H and O–H groups in total. The first-order valence-corrected chi connectivity index (χ1v) is 18.7.